The summed E-state index contributed by atoms with van der Waals surface area (Å²) in [4.78, 5) is 19.1. The van der Waals surface area contributed by atoms with Crippen LogP contribution in [0.4, 0.5) is 0 Å². The lowest BCUT2D eigenvalue weighted by molar-refractivity contribution is -0.137. The molecule has 0 aliphatic rings. The molecule has 1 amide bonds. The Bertz CT molecular complexity index is 719. The van der Waals surface area contributed by atoms with Gasteiger partial charge in [-0.15, -0.1) is 11.3 Å². The van der Waals surface area contributed by atoms with Crippen molar-refractivity contribution in [1.82, 2.24) is 9.88 Å². The van der Waals surface area contributed by atoms with E-state index < -0.39 is 0 Å². The molecule has 0 aliphatic carbocycles. The number of aryl methyl sites for hydroxylation is 2. The van der Waals surface area contributed by atoms with E-state index in [-0.39, 0.29) is 17.9 Å². The molecule has 0 saturated carbocycles. The van der Waals surface area contributed by atoms with Crippen LogP contribution in [0.2, 0.25) is 0 Å². The quantitative estimate of drug-likeness (QED) is 0.644. The number of ether oxygens (including phenoxy) is 1. The Morgan fingerprint density at radius 2 is 1.85 bits per heavy atom. The monoisotopic (exact) mass is 374 g/mol. The molecule has 0 aliphatic heterocycles. The highest BCUT2D eigenvalue weighted by molar-refractivity contribution is 7.09. The largest absolute Gasteiger partial charge is 0.486 e. The normalized spacial score (nSPS) is 12.3. The van der Waals surface area contributed by atoms with Crippen LogP contribution in [-0.2, 0) is 17.9 Å². The van der Waals surface area contributed by atoms with Gasteiger partial charge < -0.3 is 9.64 Å². The van der Waals surface area contributed by atoms with Crippen LogP contribution in [-0.4, -0.2) is 21.8 Å². The first kappa shape index (κ1) is 20.4. The number of hydrogen-bond donors (Lipinski definition) is 0. The van der Waals surface area contributed by atoms with Crippen molar-refractivity contribution in [2.75, 3.05) is 0 Å². The predicted molar refractivity (Wildman–Crippen MR) is 108 cm³/mol. The molecule has 0 fully saturated rings. The van der Waals surface area contributed by atoms with Crippen molar-refractivity contribution < 1.29 is 9.53 Å². The van der Waals surface area contributed by atoms with E-state index in [1.807, 2.05) is 36.3 Å². The summed E-state index contributed by atoms with van der Waals surface area (Å²) >= 11 is 1.58. The zero-order chi connectivity index (χ0) is 19.3. The van der Waals surface area contributed by atoms with Gasteiger partial charge in [0.25, 0.3) is 0 Å². The molecule has 1 atom stereocenters. The lowest BCUT2D eigenvalue weighted by Crippen LogP contribution is -2.40. The van der Waals surface area contributed by atoms with E-state index in [1.54, 1.807) is 11.3 Å². The summed E-state index contributed by atoms with van der Waals surface area (Å²) in [7, 11) is 0. The highest BCUT2D eigenvalue weighted by atomic mass is 32.1. The Morgan fingerprint density at radius 3 is 2.42 bits per heavy atom. The maximum atomic E-state index is 12.5. The van der Waals surface area contributed by atoms with Gasteiger partial charge >= 0.3 is 0 Å². The van der Waals surface area contributed by atoms with E-state index in [2.05, 4.69) is 38.7 Å². The molecule has 4 nitrogen and oxygen atoms in total. The zero-order valence-electron chi connectivity index (χ0n) is 16.7. The molecule has 0 saturated heterocycles. The number of carbonyl (C=O) groups excluding carboxylic acids is 1. The molecule has 1 heterocycles. The molecular weight excluding hydrogens is 344 g/mol. The van der Waals surface area contributed by atoms with Gasteiger partial charge in [0.2, 0.25) is 5.91 Å². The van der Waals surface area contributed by atoms with Crippen LogP contribution in [0.5, 0.6) is 5.75 Å². The van der Waals surface area contributed by atoms with Gasteiger partial charge in [-0.25, -0.2) is 4.98 Å². The van der Waals surface area contributed by atoms with Crippen LogP contribution >= 0.6 is 11.3 Å². The number of hydrogen-bond acceptors (Lipinski definition) is 4. The van der Waals surface area contributed by atoms with Crippen molar-refractivity contribution in [3.05, 3.63) is 45.4 Å². The number of aromatic nitrogens is 1. The van der Waals surface area contributed by atoms with Crippen LogP contribution in [0.3, 0.4) is 0 Å². The second-order valence-corrected chi connectivity index (χ2v) is 8.17. The van der Waals surface area contributed by atoms with Crippen molar-refractivity contribution in [3.8, 4) is 5.75 Å². The van der Waals surface area contributed by atoms with Crippen molar-refractivity contribution in [1.29, 1.82) is 0 Å². The maximum absolute atomic E-state index is 12.5. The molecule has 2 aromatic rings. The van der Waals surface area contributed by atoms with E-state index >= 15 is 0 Å². The predicted octanol–water partition coefficient (Wildman–Crippen LogP) is 5.12. The molecule has 0 N–H and O–H groups in total. The first-order valence-corrected chi connectivity index (χ1v) is 10.1. The van der Waals surface area contributed by atoms with E-state index in [0.29, 0.717) is 13.2 Å². The van der Waals surface area contributed by atoms with Gasteiger partial charge in [-0.2, -0.15) is 0 Å². The van der Waals surface area contributed by atoms with Crippen LogP contribution < -0.4 is 4.74 Å². The van der Waals surface area contributed by atoms with Gasteiger partial charge in [0, 0.05) is 17.3 Å². The average Bonchev–Trinajstić information content (AvgIpc) is 3.03. The number of amides is 1. The second kappa shape index (κ2) is 9.17. The second-order valence-electron chi connectivity index (χ2n) is 7.22. The minimum atomic E-state index is -0.00463. The fourth-order valence-electron chi connectivity index (χ4n) is 2.83. The number of rotatable bonds is 8. The summed E-state index contributed by atoms with van der Waals surface area (Å²) < 4.78 is 5.89. The summed E-state index contributed by atoms with van der Waals surface area (Å²) in [5, 5.41) is 2.96. The fourth-order valence-corrected chi connectivity index (χ4v) is 3.52. The van der Waals surface area contributed by atoms with Crippen molar-refractivity contribution in [3.63, 3.8) is 0 Å². The molecule has 1 aromatic carbocycles. The van der Waals surface area contributed by atoms with Gasteiger partial charge in [0.15, 0.2) is 0 Å². The molecule has 2 rings (SSSR count). The third-order valence-corrected chi connectivity index (χ3v) is 5.26. The molecule has 0 radical (unpaired) electrons. The standard InChI is InChI=1S/C21H30N2O2S/c1-7-17(6)23(21(24)14(2)3)11-18-13-26-20(22-18)12-25-19-9-15(4)8-16(5)10-19/h8-10,13-14,17H,7,11-12H2,1-6H3/t17-/m0/s1. The summed E-state index contributed by atoms with van der Waals surface area (Å²) in [5.74, 6) is 1.05. The summed E-state index contributed by atoms with van der Waals surface area (Å²) in [6, 6.07) is 6.41. The lowest BCUT2D eigenvalue weighted by atomic mass is 10.1. The van der Waals surface area contributed by atoms with Crippen LogP contribution in [0.15, 0.2) is 23.6 Å². The molecule has 0 bridgehead atoms. The molecule has 1 aromatic heterocycles. The summed E-state index contributed by atoms with van der Waals surface area (Å²) in [5.41, 5.74) is 3.32. The third-order valence-electron chi connectivity index (χ3n) is 4.39. The van der Waals surface area contributed by atoms with Crippen molar-refractivity contribution >= 4 is 17.2 Å². The molecular formula is C21H30N2O2S. The third kappa shape index (κ3) is 5.56. The van der Waals surface area contributed by atoms with Gasteiger partial charge in [-0.1, -0.05) is 26.8 Å². The topological polar surface area (TPSA) is 42.4 Å². The first-order chi connectivity index (χ1) is 12.3. The highest BCUT2D eigenvalue weighted by Crippen LogP contribution is 2.20. The number of thiazole rings is 1. The van der Waals surface area contributed by atoms with Crippen molar-refractivity contribution in [2.24, 2.45) is 5.92 Å². The van der Waals surface area contributed by atoms with Gasteiger partial charge in [-0.05, 0) is 50.5 Å². The maximum Gasteiger partial charge on any atom is 0.225 e. The molecule has 26 heavy (non-hydrogen) atoms. The van der Waals surface area contributed by atoms with Crippen LogP contribution in [0, 0.1) is 19.8 Å². The summed E-state index contributed by atoms with van der Waals surface area (Å²) in [6.45, 7) is 13.2. The van der Waals surface area contributed by atoms with E-state index in [0.717, 1.165) is 22.9 Å². The van der Waals surface area contributed by atoms with E-state index in [1.165, 1.54) is 11.1 Å². The molecule has 142 valence electrons. The average molecular weight is 375 g/mol. The Morgan fingerprint density at radius 1 is 1.19 bits per heavy atom. The Balaban J connectivity index is 2.02. The fraction of sp³-hybridized carbons (Fsp3) is 0.524. The minimum Gasteiger partial charge on any atom is -0.486 e. The smallest absolute Gasteiger partial charge is 0.225 e. The number of benzene rings is 1. The van der Waals surface area contributed by atoms with E-state index in [4.69, 9.17) is 4.74 Å². The summed E-state index contributed by atoms with van der Waals surface area (Å²) in [6.07, 6.45) is 0.936. The number of nitrogens with zero attached hydrogens (tertiary/aromatic N) is 2. The minimum absolute atomic E-state index is 0.00463. The molecule has 5 heteroatoms. The molecule has 0 unspecified atom stereocenters. The van der Waals surface area contributed by atoms with Gasteiger partial charge in [0.1, 0.15) is 17.4 Å². The van der Waals surface area contributed by atoms with Crippen molar-refractivity contribution in [2.45, 2.75) is 67.2 Å². The van der Waals surface area contributed by atoms with Gasteiger partial charge in [0.05, 0.1) is 12.2 Å². The Labute approximate surface area is 161 Å². The highest BCUT2D eigenvalue weighted by Gasteiger charge is 2.22. The van der Waals surface area contributed by atoms with Gasteiger partial charge in [-0.3, -0.25) is 4.79 Å². The lowest BCUT2D eigenvalue weighted by Gasteiger charge is -2.29. The van der Waals surface area contributed by atoms with Crippen LogP contribution in [0.25, 0.3) is 0 Å². The van der Waals surface area contributed by atoms with E-state index in [9.17, 15) is 4.79 Å². The number of carbonyl (C=O) groups is 1. The SMILES string of the molecule is CC[C@H](C)N(Cc1csc(COc2cc(C)cc(C)c2)n1)C(=O)C(C)C. The molecule has 0 spiro atoms. The van der Waals surface area contributed by atoms with Crippen LogP contribution in [0.1, 0.15) is 55.9 Å². The Hall–Kier alpha value is -1.88. The Kier molecular flexibility index (Phi) is 7.21. The first-order valence-electron chi connectivity index (χ1n) is 9.25. The zero-order valence-corrected chi connectivity index (χ0v) is 17.5.